The molecule has 0 heterocycles. The number of hydrogen-bond donors (Lipinski definition) is 0. The molecule has 0 unspecified atom stereocenters. The summed E-state index contributed by atoms with van der Waals surface area (Å²) in [6, 6.07) is 4.49. The van der Waals surface area contributed by atoms with Crippen LogP contribution >= 0.6 is 11.8 Å². The lowest BCUT2D eigenvalue weighted by atomic mass is 10.1. The van der Waals surface area contributed by atoms with Gasteiger partial charge in [-0.2, -0.15) is 0 Å². The number of aldehydes is 1. The van der Waals surface area contributed by atoms with Crippen LogP contribution in [0.2, 0.25) is 0 Å². The van der Waals surface area contributed by atoms with Gasteiger partial charge < -0.3 is 0 Å². The number of non-ortho nitro benzene ring substituents is 1. The third-order valence-corrected chi connectivity index (χ3v) is 4.76. The van der Waals surface area contributed by atoms with Gasteiger partial charge in [0.15, 0.2) is 6.29 Å². The van der Waals surface area contributed by atoms with Crippen molar-refractivity contribution < 1.29 is 9.72 Å². The molecular formula is C17H25NO3S. The van der Waals surface area contributed by atoms with Crippen molar-refractivity contribution in [1.29, 1.82) is 0 Å². The van der Waals surface area contributed by atoms with Crippen molar-refractivity contribution in [3.05, 3.63) is 33.9 Å². The lowest BCUT2D eigenvalue weighted by Gasteiger charge is -2.05. The minimum atomic E-state index is -0.472. The first-order chi connectivity index (χ1) is 10.7. The average molecular weight is 323 g/mol. The molecule has 1 rings (SSSR count). The van der Waals surface area contributed by atoms with Gasteiger partial charge in [0, 0.05) is 22.6 Å². The highest BCUT2D eigenvalue weighted by Crippen LogP contribution is 2.26. The molecule has 0 fully saturated rings. The van der Waals surface area contributed by atoms with E-state index in [0.717, 1.165) is 17.1 Å². The maximum absolute atomic E-state index is 11.0. The Bertz CT molecular complexity index is 477. The van der Waals surface area contributed by atoms with Gasteiger partial charge in [0.05, 0.1) is 4.92 Å². The molecule has 0 amide bonds. The largest absolute Gasteiger partial charge is 0.298 e. The van der Waals surface area contributed by atoms with E-state index in [9.17, 15) is 14.9 Å². The fourth-order valence-electron chi connectivity index (χ4n) is 2.29. The monoisotopic (exact) mass is 323 g/mol. The van der Waals surface area contributed by atoms with Crippen molar-refractivity contribution in [2.75, 3.05) is 5.75 Å². The molecule has 1 aromatic rings. The highest BCUT2D eigenvalue weighted by molar-refractivity contribution is 7.99. The van der Waals surface area contributed by atoms with E-state index in [-0.39, 0.29) is 5.69 Å². The van der Waals surface area contributed by atoms with Gasteiger partial charge in [-0.25, -0.2) is 0 Å². The molecule has 0 aliphatic heterocycles. The number of carbonyl (C=O) groups excluding carboxylic acids is 1. The van der Waals surface area contributed by atoms with Crippen LogP contribution in [0.1, 0.15) is 68.6 Å². The molecule has 1 aromatic carbocycles. The van der Waals surface area contributed by atoms with E-state index in [2.05, 4.69) is 6.92 Å². The zero-order valence-corrected chi connectivity index (χ0v) is 14.1. The SMILES string of the molecule is CCCCCCCCCCSc1ccc([N+](=O)[O-])cc1C=O. The fourth-order valence-corrected chi connectivity index (χ4v) is 3.30. The van der Waals surface area contributed by atoms with E-state index in [1.165, 1.54) is 57.1 Å². The van der Waals surface area contributed by atoms with Crippen LogP contribution in [0.4, 0.5) is 5.69 Å². The predicted octanol–water partition coefficient (Wildman–Crippen LogP) is 5.64. The average Bonchev–Trinajstić information content (AvgIpc) is 2.53. The Morgan fingerprint density at radius 2 is 1.73 bits per heavy atom. The summed E-state index contributed by atoms with van der Waals surface area (Å²) in [7, 11) is 0. The zero-order chi connectivity index (χ0) is 16.2. The van der Waals surface area contributed by atoms with Crippen molar-refractivity contribution in [1.82, 2.24) is 0 Å². The molecule has 0 aromatic heterocycles. The van der Waals surface area contributed by atoms with E-state index >= 15 is 0 Å². The lowest BCUT2D eigenvalue weighted by molar-refractivity contribution is -0.384. The molecular weight excluding hydrogens is 298 g/mol. The number of benzene rings is 1. The third kappa shape index (κ3) is 7.07. The number of nitrogens with zero attached hydrogens (tertiary/aromatic N) is 1. The van der Waals surface area contributed by atoms with E-state index in [1.54, 1.807) is 17.8 Å². The van der Waals surface area contributed by atoms with Gasteiger partial charge in [-0.05, 0) is 18.2 Å². The summed E-state index contributed by atoms with van der Waals surface area (Å²) < 4.78 is 0. The Morgan fingerprint density at radius 1 is 1.09 bits per heavy atom. The summed E-state index contributed by atoms with van der Waals surface area (Å²) in [5, 5.41) is 10.7. The Hall–Kier alpha value is -1.36. The Kier molecular flexibility index (Phi) is 9.55. The Labute approximate surface area is 136 Å². The maximum atomic E-state index is 11.0. The van der Waals surface area contributed by atoms with Gasteiger partial charge in [0.25, 0.3) is 5.69 Å². The van der Waals surface area contributed by atoms with Crippen molar-refractivity contribution >= 4 is 23.7 Å². The first-order valence-electron chi connectivity index (χ1n) is 8.05. The van der Waals surface area contributed by atoms with Gasteiger partial charge >= 0.3 is 0 Å². The number of hydrogen-bond acceptors (Lipinski definition) is 4. The molecule has 0 spiro atoms. The molecule has 4 nitrogen and oxygen atoms in total. The lowest BCUT2D eigenvalue weighted by Crippen LogP contribution is -1.92. The van der Waals surface area contributed by atoms with Crippen molar-refractivity contribution in [3.63, 3.8) is 0 Å². The van der Waals surface area contributed by atoms with Gasteiger partial charge in [0.2, 0.25) is 0 Å². The first-order valence-corrected chi connectivity index (χ1v) is 9.04. The molecule has 0 bridgehead atoms. The molecule has 0 saturated heterocycles. The molecule has 0 aliphatic carbocycles. The van der Waals surface area contributed by atoms with E-state index < -0.39 is 4.92 Å². The number of unbranched alkanes of at least 4 members (excludes halogenated alkanes) is 7. The molecule has 0 aliphatic rings. The number of rotatable bonds is 12. The molecule has 122 valence electrons. The summed E-state index contributed by atoms with van der Waals surface area (Å²) in [5.41, 5.74) is 0.386. The zero-order valence-electron chi connectivity index (χ0n) is 13.3. The maximum Gasteiger partial charge on any atom is 0.270 e. The fraction of sp³-hybridized carbons (Fsp3) is 0.588. The van der Waals surface area contributed by atoms with Gasteiger partial charge in [-0.15, -0.1) is 11.8 Å². The number of thioether (sulfide) groups is 1. The smallest absolute Gasteiger partial charge is 0.270 e. The Balaban J connectivity index is 2.24. The second-order valence-corrected chi connectivity index (χ2v) is 6.56. The van der Waals surface area contributed by atoms with Gasteiger partial charge in [-0.1, -0.05) is 51.9 Å². The van der Waals surface area contributed by atoms with Crippen molar-refractivity contribution in [2.24, 2.45) is 0 Å². The molecule has 0 N–H and O–H groups in total. The van der Waals surface area contributed by atoms with Crippen LogP contribution in [0.25, 0.3) is 0 Å². The highest BCUT2D eigenvalue weighted by Gasteiger charge is 2.10. The van der Waals surface area contributed by atoms with Crippen LogP contribution < -0.4 is 0 Å². The van der Waals surface area contributed by atoms with Crippen LogP contribution in [0, 0.1) is 10.1 Å². The van der Waals surface area contributed by atoms with Crippen molar-refractivity contribution in [3.8, 4) is 0 Å². The minimum absolute atomic E-state index is 0.0291. The first kappa shape index (κ1) is 18.7. The van der Waals surface area contributed by atoms with E-state index in [1.807, 2.05) is 0 Å². The predicted molar refractivity (Wildman–Crippen MR) is 91.8 cm³/mol. The topological polar surface area (TPSA) is 60.2 Å². The van der Waals surface area contributed by atoms with Crippen molar-refractivity contribution in [2.45, 2.75) is 63.2 Å². The van der Waals surface area contributed by atoms with E-state index in [4.69, 9.17) is 0 Å². The molecule has 0 atom stereocenters. The summed E-state index contributed by atoms with van der Waals surface area (Å²) in [4.78, 5) is 22.1. The number of nitro groups is 1. The minimum Gasteiger partial charge on any atom is -0.298 e. The van der Waals surface area contributed by atoms with Crippen LogP contribution in [-0.2, 0) is 0 Å². The van der Waals surface area contributed by atoms with Crippen LogP contribution in [0.5, 0.6) is 0 Å². The normalized spacial score (nSPS) is 10.6. The third-order valence-electron chi connectivity index (χ3n) is 3.59. The summed E-state index contributed by atoms with van der Waals surface area (Å²) in [6.45, 7) is 2.23. The van der Waals surface area contributed by atoms with Crippen LogP contribution in [0.3, 0.4) is 0 Å². The molecule has 0 radical (unpaired) electrons. The summed E-state index contributed by atoms with van der Waals surface area (Å²) >= 11 is 1.61. The Morgan fingerprint density at radius 3 is 2.32 bits per heavy atom. The van der Waals surface area contributed by atoms with Crippen LogP contribution in [0.15, 0.2) is 23.1 Å². The highest BCUT2D eigenvalue weighted by atomic mass is 32.2. The molecule has 5 heteroatoms. The second kappa shape index (κ2) is 11.2. The van der Waals surface area contributed by atoms with E-state index in [0.29, 0.717) is 11.8 Å². The van der Waals surface area contributed by atoms with Crippen LogP contribution in [-0.4, -0.2) is 17.0 Å². The molecule has 0 saturated carbocycles. The summed E-state index contributed by atoms with van der Waals surface area (Å²) in [6.07, 6.45) is 10.9. The summed E-state index contributed by atoms with van der Waals surface area (Å²) in [5.74, 6) is 0.952. The quantitative estimate of drug-likeness (QED) is 0.164. The molecule has 22 heavy (non-hydrogen) atoms. The van der Waals surface area contributed by atoms with Gasteiger partial charge in [0.1, 0.15) is 0 Å². The standard InChI is InChI=1S/C17H25NO3S/c1-2-3-4-5-6-7-8-9-12-22-17-11-10-16(18(20)21)13-15(17)14-19/h10-11,13-14H,2-9,12H2,1H3. The second-order valence-electron chi connectivity index (χ2n) is 5.42. The van der Waals surface area contributed by atoms with Gasteiger partial charge in [-0.3, -0.25) is 14.9 Å². The number of carbonyl (C=O) groups is 1. The number of nitro benzene ring substituents is 1.